The maximum absolute atomic E-state index is 13.4. The van der Waals surface area contributed by atoms with Gasteiger partial charge >= 0.3 is 0 Å². The first-order valence-electron chi connectivity index (χ1n) is 4.82. The minimum absolute atomic E-state index is 0.0948. The van der Waals surface area contributed by atoms with Crippen molar-refractivity contribution in [2.45, 2.75) is 0 Å². The molecule has 0 aliphatic carbocycles. The van der Waals surface area contributed by atoms with Crippen LogP contribution in [0.1, 0.15) is 0 Å². The first-order valence-corrected chi connectivity index (χ1v) is 5.35. The summed E-state index contributed by atoms with van der Waals surface area (Å²) in [7, 11) is 0. The zero-order valence-corrected chi connectivity index (χ0v) is 9.46. The van der Waals surface area contributed by atoms with Gasteiger partial charge in [-0.3, -0.25) is 4.79 Å². The maximum Gasteiger partial charge on any atom is 0.256 e. The van der Waals surface area contributed by atoms with Gasteiger partial charge in [-0.2, -0.15) is 0 Å². The van der Waals surface area contributed by atoms with E-state index in [1.165, 1.54) is 12.1 Å². The van der Waals surface area contributed by atoms with Crippen LogP contribution in [-0.4, -0.2) is 16.7 Å². The lowest BCUT2D eigenvalue weighted by Gasteiger charge is -2.00. The second kappa shape index (κ2) is 4.55. The zero-order valence-electron chi connectivity index (χ0n) is 8.71. The third-order valence-electron chi connectivity index (χ3n) is 2.24. The minimum atomic E-state index is -0.486. The van der Waals surface area contributed by atoms with Gasteiger partial charge in [-0.15, -0.1) is 11.6 Å². The predicted octanol–water partition coefficient (Wildman–Crippen LogP) is 1.89. The van der Waals surface area contributed by atoms with Crippen LogP contribution < -0.4 is 11.3 Å². The first-order chi connectivity index (χ1) is 8.11. The molecule has 2 aromatic rings. The first kappa shape index (κ1) is 11.6. The van der Waals surface area contributed by atoms with Crippen molar-refractivity contribution in [3.05, 3.63) is 40.6 Å². The number of fused-ring (bicyclic) bond motifs is 1. The molecule has 1 heterocycles. The Morgan fingerprint density at radius 1 is 1.47 bits per heavy atom. The lowest BCUT2D eigenvalue weighted by molar-refractivity contribution is 0.633. The van der Waals surface area contributed by atoms with Gasteiger partial charge in [-0.25, -0.2) is 9.38 Å². The second-order valence-electron chi connectivity index (χ2n) is 3.43. The Labute approximate surface area is 101 Å². The molecule has 1 aromatic heterocycles. The van der Waals surface area contributed by atoms with Crippen LogP contribution in [0.2, 0.25) is 0 Å². The van der Waals surface area contributed by atoms with Gasteiger partial charge in [-0.05, 0) is 18.2 Å². The van der Waals surface area contributed by atoms with Gasteiger partial charge in [-0.1, -0.05) is 0 Å². The normalized spacial score (nSPS) is 12.0. The molecule has 0 bridgehead atoms. The molecule has 17 heavy (non-hydrogen) atoms. The number of H-pyrrole nitrogens is 1. The van der Waals surface area contributed by atoms with Crippen LogP contribution in [-0.2, 0) is 0 Å². The molecule has 88 valence electrons. The molecule has 2 rings (SSSR count). The number of aromatic nitrogens is 1. The quantitative estimate of drug-likeness (QED) is 0.487. The number of aliphatic imine (C=N–C) groups is 1. The van der Waals surface area contributed by atoms with Gasteiger partial charge < -0.3 is 10.7 Å². The van der Waals surface area contributed by atoms with Crippen LogP contribution >= 0.6 is 11.6 Å². The van der Waals surface area contributed by atoms with E-state index in [0.29, 0.717) is 5.69 Å². The van der Waals surface area contributed by atoms with Crippen molar-refractivity contribution in [3.63, 3.8) is 0 Å². The number of rotatable bonds is 2. The molecule has 0 radical (unpaired) electrons. The van der Waals surface area contributed by atoms with E-state index in [9.17, 15) is 9.18 Å². The summed E-state index contributed by atoms with van der Waals surface area (Å²) < 4.78 is 13.4. The van der Waals surface area contributed by atoms with E-state index >= 15 is 0 Å². The third-order valence-corrected chi connectivity index (χ3v) is 2.52. The van der Waals surface area contributed by atoms with Crippen molar-refractivity contribution in [2.75, 3.05) is 5.88 Å². The van der Waals surface area contributed by atoms with Crippen LogP contribution in [0.25, 0.3) is 10.8 Å². The van der Waals surface area contributed by atoms with Crippen LogP contribution in [0.3, 0.4) is 0 Å². The summed E-state index contributed by atoms with van der Waals surface area (Å²) in [6.07, 6.45) is 1.03. The maximum atomic E-state index is 13.4. The molecular weight excluding hydrogens is 245 g/mol. The van der Waals surface area contributed by atoms with E-state index < -0.39 is 5.82 Å². The summed E-state index contributed by atoms with van der Waals surface area (Å²) in [6, 6.07) is 4.53. The highest BCUT2D eigenvalue weighted by Gasteiger charge is 2.05. The van der Waals surface area contributed by atoms with E-state index in [4.69, 9.17) is 17.3 Å². The van der Waals surface area contributed by atoms with Crippen molar-refractivity contribution in [1.82, 2.24) is 4.98 Å². The monoisotopic (exact) mass is 253 g/mol. The Kier molecular flexibility index (Phi) is 3.10. The van der Waals surface area contributed by atoms with Crippen LogP contribution in [0, 0.1) is 5.82 Å². The molecule has 0 aliphatic rings. The fraction of sp³-hybridized carbons (Fsp3) is 0.0909. The number of hydrogen-bond acceptors (Lipinski definition) is 2. The minimum Gasteiger partial charge on any atom is -0.386 e. The van der Waals surface area contributed by atoms with Gasteiger partial charge in [0.05, 0.1) is 17.0 Å². The summed E-state index contributed by atoms with van der Waals surface area (Å²) >= 11 is 5.49. The average molecular weight is 254 g/mol. The Balaban J connectivity index is 2.66. The lowest BCUT2D eigenvalue weighted by Crippen LogP contribution is -2.12. The molecule has 0 saturated carbocycles. The van der Waals surface area contributed by atoms with E-state index in [1.807, 2.05) is 0 Å². The van der Waals surface area contributed by atoms with E-state index in [0.717, 1.165) is 6.20 Å². The standard InChI is InChI=1S/C11H9ClFN3O/c12-4-10(14)16-6-1-2-7-8(3-6)11(17)15-5-9(7)13/h1-3,5H,4H2,(H2,14,16)(H,15,17). The molecule has 1 aromatic carbocycles. The molecule has 0 unspecified atom stereocenters. The fourth-order valence-corrected chi connectivity index (χ4v) is 1.54. The van der Waals surface area contributed by atoms with Crippen molar-refractivity contribution in [1.29, 1.82) is 0 Å². The summed E-state index contributed by atoms with van der Waals surface area (Å²) in [5, 5.41) is 0.478. The smallest absolute Gasteiger partial charge is 0.256 e. The zero-order chi connectivity index (χ0) is 12.4. The Morgan fingerprint density at radius 3 is 2.94 bits per heavy atom. The number of amidine groups is 1. The Hall–Kier alpha value is -1.88. The van der Waals surface area contributed by atoms with E-state index in [1.54, 1.807) is 6.07 Å². The molecule has 0 amide bonds. The number of hydrogen-bond donors (Lipinski definition) is 2. The molecule has 0 aliphatic heterocycles. The second-order valence-corrected chi connectivity index (χ2v) is 3.70. The number of alkyl halides is 1. The highest BCUT2D eigenvalue weighted by molar-refractivity contribution is 6.28. The van der Waals surface area contributed by atoms with Crippen LogP contribution in [0.15, 0.2) is 34.2 Å². The lowest BCUT2D eigenvalue weighted by atomic mass is 10.1. The molecule has 0 fully saturated rings. The fourth-order valence-electron chi connectivity index (χ4n) is 1.48. The number of nitrogens with one attached hydrogen (secondary N) is 1. The van der Waals surface area contributed by atoms with Gasteiger partial charge in [0.15, 0.2) is 0 Å². The summed E-state index contributed by atoms with van der Waals surface area (Å²) in [4.78, 5) is 17.8. The van der Waals surface area contributed by atoms with Crippen molar-refractivity contribution >= 4 is 33.9 Å². The SMILES string of the molecule is NC(CCl)=Nc1ccc2c(F)c[nH]c(=O)c2c1. The summed E-state index contributed by atoms with van der Waals surface area (Å²) in [5.41, 5.74) is 5.57. The third kappa shape index (κ3) is 2.29. The largest absolute Gasteiger partial charge is 0.386 e. The Morgan fingerprint density at radius 2 is 2.24 bits per heavy atom. The number of halogens is 2. The van der Waals surface area contributed by atoms with Crippen molar-refractivity contribution < 1.29 is 4.39 Å². The molecular formula is C11H9ClFN3O. The summed E-state index contributed by atoms with van der Waals surface area (Å²) in [5.74, 6) is -0.156. The molecule has 0 spiro atoms. The molecule has 0 saturated heterocycles. The predicted molar refractivity (Wildman–Crippen MR) is 66.5 cm³/mol. The van der Waals surface area contributed by atoms with Gasteiger partial charge in [0.2, 0.25) is 0 Å². The molecule has 4 nitrogen and oxygen atoms in total. The topological polar surface area (TPSA) is 71.2 Å². The van der Waals surface area contributed by atoms with Crippen LogP contribution in [0.4, 0.5) is 10.1 Å². The molecule has 6 heteroatoms. The summed E-state index contributed by atoms with van der Waals surface area (Å²) in [6.45, 7) is 0. The van der Waals surface area contributed by atoms with Crippen molar-refractivity contribution in [2.24, 2.45) is 10.7 Å². The number of pyridine rings is 1. The van der Waals surface area contributed by atoms with Crippen molar-refractivity contribution in [3.8, 4) is 0 Å². The number of nitrogens with two attached hydrogens (primary N) is 1. The van der Waals surface area contributed by atoms with E-state index in [-0.39, 0.29) is 28.0 Å². The number of benzene rings is 1. The highest BCUT2D eigenvalue weighted by Crippen LogP contribution is 2.20. The average Bonchev–Trinajstić information content (AvgIpc) is 2.34. The number of nitrogens with zero attached hydrogens (tertiary/aromatic N) is 1. The Bertz CT molecular complexity index is 651. The molecule has 3 N–H and O–H groups in total. The number of aromatic amines is 1. The van der Waals surface area contributed by atoms with E-state index in [2.05, 4.69) is 9.98 Å². The van der Waals surface area contributed by atoms with Gasteiger partial charge in [0, 0.05) is 11.6 Å². The highest BCUT2D eigenvalue weighted by atomic mass is 35.5. The van der Waals surface area contributed by atoms with Gasteiger partial charge in [0.1, 0.15) is 11.7 Å². The van der Waals surface area contributed by atoms with Gasteiger partial charge in [0.25, 0.3) is 5.56 Å². The van der Waals surface area contributed by atoms with Crippen LogP contribution in [0.5, 0.6) is 0 Å². The molecule has 0 atom stereocenters.